The summed E-state index contributed by atoms with van der Waals surface area (Å²) in [7, 11) is 0. The van der Waals surface area contributed by atoms with Crippen molar-refractivity contribution in [3.63, 3.8) is 0 Å². The van der Waals surface area contributed by atoms with Gasteiger partial charge in [-0.15, -0.1) is 0 Å². The summed E-state index contributed by atoms with van der Waals surface area (Å²) in [5.41, 5.74) is 4.30. The van der Waals surface area contributed by atoms with E-state index in [2.05, 4.69) is 33.2 Å². The molecular formula is C25H24N6O2. The average molecular weight is 441 g/mol. The fourth-order valence-electron chi connectivity index (χ4n) is 4.26. The first-order valence-corrected chi connectivity index (χ1v) is 11.0. The van der Waals surface area contributed by atoms with Gasteiger partial charge in [0.2, 0.25) is 5.91 Å². The number of likely N-dealkylation sites (tertiary alicyclic amines) is 1. The molecule has 4 aromatic rings. The van der Waals surface area contributed by atoms with Crippen LogP contribution in [-0.2, 0) is 11.3 Å². The molecule has 0 N–H and O–H groups in total. The maximum atomic E-state index is 12.7. The third kappa shape index (κ3) is 4.50. The molecule has 1 amide bonds. The van der Waals surface area contributed by atoms with Crippen LogP contribution in [0.2, 0.25) is 0 Å². The monoisotopic (exact) mass is 440 g/mol. The lowest BCUT2D eigenvalue weighted by Crippen LogP contribution is -2.41. The molecule has 0 aromatic carbocycles. The summed E-state index contributed by atoms with van der Waals surface area (Å²) in [6.07, 6.45) is 8.49. The summed E-state index contributed by atoms with van der Waals surface area (Å²) in [5.74, 6) is 0.224. The molecule has 1 saturated heterocycles. The molecule has 166 valence electrons. The first-order chi connectivity index (χ1) is 16.1. The van der Waals surface area contributed by atoms with E-state index in [0.717, 1.165) is 40.7 Å². The van der Waals surface area contributed by atoms with Crippen molar-refractivity contribution < 1.29 is 4.79 Å². The highest BCUT2D eigenvalue weighted by molar-refractivity contribution is 5.81. The normalized spacial score (nSPS) is 14.5. The van der Waals surface area contributed by atoms with E-state index in [0.29, 0.717) is 18.8 Å². The number of carbonyl (C=O) groups is 1. The topological polar surface area (TPSA) is 93.9 Å². The Kier molecular flexibility index (Phi) is 5.64. The highest BCUT2D eigenvalue weighted by Crippen LogP contribution is 2.29. The Morgan fingerprint density at radius 1 is 1.03 bits per heavy atom. The number of hydrogen-bond donors (Lipinski definition) is 0. The third-order valence-electron chi connectivity index (χ3n) is 6.17. The lowest BCUT2D eigenvalue weighted by Gasteiger charge is -2.32. The van der Waals surface area contributed by atoms with Crippen molar-refractivity contribution in [3.8, 4) is 11.1 Å². The Hall–Kier alpha value is -3.94. The van der Waals surface area contributed by atoms with E-state index >= 15 is 0 Å². The summed E-state index contributed by atoms with van der Waals surface area (Å²) in [6.45, 7) is 3.07. The first kappa shape index (κ1) is 20.9. The zero-order valence-electron chi connectivity index (χ0n) is 18.4. The number of carbonyl (C=O) groups excluding carboxylic acids is 1. The molecule has 1 aliphatic heterocycles. The van der Waals surface area contributed by atoms with Crippen LogP contribution in [0.5, 0.6) is 0 Å². The molecule has 1 fully saturated rings. The van der Waals surface area contributed by atoms with Gasteiger partial charge in [-0.05, 0) is 55.7 Å². The lowest BCUT2D eigenvalue weighted by molar-refractivity contribution is -0.133. The largest absolute Gasteiger partial charge is 0.341 e. The Bertz CT molecular complexity index is 1360. The molecule has 0 aliphatic carbocycles. The number of nitrogens with zero attached hydrogens (tertiary/aromatic N) is 6. The molecule has 4 aromatic heterocycles. The number of fused-ring (bicyclic) bond motifs is 1. The van der Waals surface area contributed by atoms with Gasteiger partial charge < -0.3 is 4.90 Å². The standard InChI is InChI=1S/C25H24N6O2/c1-17-12-23(32)31(16-28-17)15-24(33)30-10-6-19(7-11-30)22-3-2-20-13-21(14-27-25(20)29-22)18-4-8-26-9-5-18/h2-5,8-9,12-14,16,19H,6-7,10-11,15H2,1H3. The zero-order valence-corrected chi connectivity index (χ0v) is 18.4. The molecule has 5 rings (SSSR count). The summed E-state index contributed by atoms with van der Waals surface area (Å²) in [4.78, 5) is 44.1. The average Bonchev–Trinajstić information content (AvgIpc) is 2.85. The predicted molar refractivity (Wildman–Crippen MR) is 125 cm³/mol. The number of aryl methyl sites for hydroxylation is 1. The van der Waals surface area contributed by atoms with Crippen molar-refractivity contribution in [2.45, 2.75) is 32.2 Å². The fourth-order valence-corrected chi connectivity index (χ4v) is 4.26. The molecule has 8 nitrogen and oxygen atoms in total. The van der Waals surface area contributed by atoms with Crippen LogP contribution in [0.3, 0.4) is 0 Å². The van der Waals surface area contributed by atoms with Gasteiger partial charge in [-0.1, -0.05) is 0 Å². The third-order valence-corrected chi connectivity index (χ3v) is 6.17. The maximum Gasteiger partial charge on any atom is 0.253 e. The number of hydrogen-bond acceptors (Lipinski definition) is 6. The van der Waals surface area contributed by atoms with E-state index in [9.17, 15) is 9.59 Å². The van der Waals surface area contributed by atoms with Crippen LogP contribution >= 0.6 is 0 Å². The molecule has 33 heavy (non-hydrogen) atoms. The number of piperidine rings is 1. The van der Waals surface area contributed by atoms with Gasteiger partial charge in [0.15, 0.2) is 5.65 Å². The quantitative estimate of drug-likeness (QED) is 0.484. The van der Waals surface area contributed by atoms with E-state index in [-0.39, 0.29) is 23.9 Å². The molecule has 0 radical (unpaired) electrons. The number of aromatic nitrogens is 5. The molecule has 5 heterocycles. The predicted octanol–water partition coefficient (Wildman–Crippen LogP) is 2.96. The van der Waals surface area contributed by atoms with Crippen LogP contribution in [0.1, 0.15) is 30.1 Å². The molecule has 0 unspecified atom stereocenters. The van der Waals surface area contributed by atoms with Crippen LogP contribution in [0.4, 0.5) is 0 Å². The second kappa shape index (κ2) is 8.90. The molecule has 1 aliphatic rings. The Balaban J connectivity index is 1.25. The van der Waals surface area contributed by atoms with Crippen molar-refractivity contribution in [1.29, 1.82) is 0 Å². The minimum absolute atomic E-state index is 0.0226. The lowest BCUT2D eigenvalue weighted by atomic mass is 9.92. The van der Waals surface area contributed by atoms with Gasteiger partial charge in [0.25, 0.3) is 5.56 Å². The Morgan fingerprint density at radius 3 is 2.58 bits per heavy atom. The van der Waals surface area contributed by atoms with Crippen LogP contribution in [0.25, 0.3) is 22.2 Å². The summed E-state index contributed by atoms with van der Waals surface area (Å²) < 4.78 is 1.36. The van der Waals surface area contributed by atoms with Gasteiger partial charge in [-0.3, -0.25) is 19.1 Å². The zero-order chi connectivity index (χ0) is 22.8. The van der Waals surface area contributed by atoms with Crippen LogP contribution in [-0.4, -0.2) is 48.4 Å². The number of amides is 1. The summed E-state index contributed by atoms with van der Waals surface area (Å²) >= 11 is 0. The highest BCUT2D eigenvalue weighted by Gasteiger charge is 2.25. The minimum atomic E-state index is -0.203. The van der Waals surface area contributed by atoms with Gasteiger partial charge in [0.05, 0.1) is 6.33 Å². The molecule has 0 saturated carbocycles. The van der Waals surface area contributed by atoms with E-state index < -0.39 is 0 Å². The van der Waals surface area contributed by atoms with Crippen LogP contribution in [0, 0.1) is 6.92 Å². The number of pyridine rings is 3. The highest BCUT2D eigenvalue weighted by atomic mass is 16.2. The van der Waals surface area contributed by atoms with Crippen molar-refractivity contribution in [1.82, 2.24) is 29.4 Å². The van der Waals surface area contributed by atoms with E-state index in [1.165, 1.54) is 17.0 Å². The SMILES string of the molecule is Cc1cc(=O)n(CC(=O)N2CCC(c3ccc4cc(-c5ccncc5)cnc4n3)CC2)cn1. The minimum Gasteiger partial charge on any atom is -0.341 e. The molecule has 0 spiro atoms. The van der Waals surface area contributed by atoms with Crippen molar-refractivity contribution >= 4 is 16.9 Å². The van der Waals surface area contributed by atoms with Crippen LogP contribution < -0.4 is 5.56 Å². The second-order valence-corrected chi connectivity index (χ2v) is 8.39. The van der Waals surface area contributed by atoms with Gasteiger partial charge in [0.1, 0.15) is 6.54 Å². The van der Waals surface area contributed by atoms with E-state index in [1.807, 2.05) is 23.2 Å². The van der Waals surface area contributed by atoms with Crippen molar-refractivity contribution in [2.24, 2.45) is 0 Å². The Morgan fingerprint density at radius 2 is 1.82 bits per heavy atom. The summed E-state index contributed by atoms with van der Waals surface area (Å²) in [6, 6.07) is 11.6. The van der Waals surface area contributed by atoms with Gasteiger partial charge in [0, 0.05) is 66.0 Å². The Labute approximate surface area is 191 Å². The molecular weight excluding hydrogens is 416 g/mol. The molecule has 0 atom stereocenters. The van der Waals surface area contributed by atoms with E-state index in [1.54, 1.807) is 19.3 Å². The molecule has 0 bridgehead atoms. The van der Waals surface area contributed by atoms with Gasteiger partial charge >= 0.3 is 0 Å². The van der Waals surface area contributed by atoms with E-state index in [4.69, 9.17) is 4.98 Å². The molecule has 8 heteroatoms. The van der Waals surface area contributed by atoms with Crippen LogP contribution in [0.15, 0.2) is 66.1 Å². The van der Waals surface area contributed by atoms with Crippen molar-refractivity contribution in [3.05, 3.63) is 83.1 Å². The smallest absolute Gasteiger partial charge is 0.253 e. The maximum absolute atomic E-state index is 12.7. The summed E-state index contributed by atoms with van der Waals surface area (Å²) in [5, 5.41) is 0.998. The first-order valence-electron chi connectivity index (χ1n) is 11.0. The second-order valence-electron chi connectivity index (χ2n) is 8.39. The van der Waals surface area contributed by atoms with Crippen molar-refractivity contribution in [2.75, 3.05) is 13.1 Å². The van der Waals surface area contributed by atoms with Gasteiger partial charge in [-0.2, -0.15) is 0 Å². The van der Waals surface area contributed by atoms with Gasteiger partial charge in [-0.25, -0.2) is 15.0 Å². The number of rotatable bonds is 4. The fraction of sp³-hybridized carbons (Fsp3) is 0.280.